The summed E-state index contributed by atoms with van der Waals surface area (Å²) in [6, 6.07) is 55.6. The summed E-state index contributed by atoms with van der Waals surface area (Å²) in [5.74, 6) is -0.507. The van der Waals surface area contributed by atoms with Crippen molar-refractivity contribution < 1.29 is 8.78 Å². The van der Waals surface area contributed by atoms with E-state index in [0.29, 0.717) is 12.1 Å². The normalized spacial score (nSPS) is 12.9. The van der Waals surface area contributed by atoms with Crippen LogP contribution in [0.25, 0.3) is 11.1 Å². The Morgan fingerprint density at radius 1 is 0.612 bits per heavy atom. The number of hydrogen-bond acceptors (Lipinski definition) is 2. The number of aryl methyl sites for hydroxylation is 2. The highest BCUT2D eigenvalue weighted by Gasteiger charge is 2.15. The first-order valence-corrected chi connectivity index (χ1v) is 24.6. The number of halogens is 2. The standard InChI is InChI=1S/C58H58F2N2.C4H9P/c1-3-18-50(43-45(2)59)48-31-39-57(40-32-48)61(53-23-13-9-14-24-53)55-35-27-46(28-36-55)19-11-7-5-4-6-8-12-20-47-29-37-56(38-30-47)62(54-25-15-10-16-26-54)58-41-33-49(34-42-58)51-21-17-22-52(60)44-51;1-3-4(2)5/h3,9-10,13-16,18,21,23-44H,2,4-8,11-12,17,19-20,22H2,1H3;3-4H,1,5H2,2H3/b18-3-,50-43+;. The Morgan fingerprint density at radius 2 is 1.01 bits per heavy atom. The summed E-state index contributed by atoms with van der Waals surface area (Å²) in [7, 11) is 2.62. The third-order valence-electron chi connectivity index (χ3n) is 11.9. The van der Waals surface area contributed by atoms with Crippen LogP contribution in [0.3, 0.4) is 0 Å². The van der Waals surface area contributed by atoms with E-state index in [-0.39, 0.29) is 5.83 Å². The van der Waals surface area contributed by atoms with Crippen molar-refractivity contribution in [3.8, 4) is 0 Å². The number of rotatable bonds is 21. The Hall–Kier alpha value is -6.35. The molecule has 7 rings (SSSR count). The molecule has 6 aromatic rings. The summed E-state index contributed by atoms with van der Waals surface area (Å²) in [5.41, 5.74) is 13.6. The molecule has 0 heterocycles. The van der Waals surface area contributed by atoms with Gasteiger partial charge in [0.2, 0.25) is 0 Å². The molecule has 0 radical (unpaired) electrons. The first-order valence-electron chi connectivity index (χ1n) is 23.9. The summed E-state index contributed by atoms with van der Waals surface area (Å²) in [6.45, 7) is 11.0. The van der Waals surface area contributed by atoms with Gasteiger partial charge in [-0.3, -0.25) is 0 Å². The van der Waals surface area contributed by atoms with E-state index in [2.05, 4.69) is 179 Å². The van der Waals surface area contributed by atoms with Gasteiger partial charge in [-0.2, -0.15) is 0 Å². The molecule has 0 amide bonds. The molecule has 2 unspecified atom stereocenters. The highest BCUT2D eigenvalue weighted by molar-refractivity contribution is 7.17. The SMILES string of the molecule is C=C(F)/C=C(\C=C/C)c1ccc(N(c2ccccc2)c2ccc(CCCCCCCCCc3ccc(N(c4ccccc4)c4ccc(C5=CCCC(F)=C5)cc4)cc3)cc2)cc1.C=CC(C)P. The molecule has 0 bridgehead atoms. The Balaban J connectivity index is 0.00000141. The van der Waals surface area contributed by atoms with Gasteiger partial charge in [0, 0.05) is 40.5 Å². The maximum absolute atomic E-state index is 14.0. The number of unbranched alkanes of at least 4 members (excludes halogenated alkanes) is 6. The first-order chi connectivity index (χ1) is 32.7. The van der Waals surface area contributed by atoms with Crippen molar-refractivity contribution in [3.05, 3.63) is 241 Å². The van der Waals surface area contributed by atoms with E-state index in [4.69, 9.17) is 0 Å². The van der Waals surface area contributed by atoms with Gasteiger partial charge in [0.25, 0.3) is 0 Å². The molecular weight excluding hydrogens is 842 g/mol. The second-order valence-corrected chi connectivity index (χ2v) is 18.2. The van der Waals surface area contributed by atoms with Crippen molar-refractivity contribution in [1.29, 1.82) is 0 Å². The number of para-hydroxylation sites is 2. The van der Waals surface area contributed by atoms with Gasteiger partial charge in [-0.15, -0.1) is 15.8 Å². The van der Waals surface area contributed by atoms with Gasteiger partial charge in [-0.1, -0.05) is 155 Å². The van der Waals surface area contributed by atoms with Crippen LogP contribution >= 0.6 is 9.24 Å². The second kappa shape index (κ2) is 26.7. The van der Waals surface area contributed by atoms with E-state index in [9.17, 15) is 8.78 Å². The molecule has 67 heavy (non-hydrogen) atoms. The van der Waals surface area contributed by atoms with Crippen molar-refractivity contribution in [2.24, 2.45) is 0 Å². The van der Waals surface area contributed by atoms with Crippen molar-refractivity contribution in [2.45, 2.75) is 90.1 Å². The van der Waals surface area contributed by atoms with Gasteiger partial charge >= 0.3 is 0 Å². The molecule has 0 N–H and O–H groups in total. The summed E-state index contributed by atoms with van der Waals surface area (Å²) in [4.78, 5) is 4.54. The number of benzene rings is 6. The zero-order chi connectivity index (χ0) is 47.2. The molecule has 2 nitrogen and oxygen atoms in total. The van der Waals surface area contributed by atoms with Crippen LogP contribution in [0.5, 0.6) is 0 Å². The lowest BCUT2D eigenvalue weighted by atomic mass is 9.98. The largest absolute Gasteiger partial charge is 0.311 e. The third kappa shape index (κ3) is 15.6. The Morgan fingerprint density at radius 3 is 1.42 bits per heavy atom. The number of allylic oxidation sites excluding steroid dienone is 10. The molecule has 0 aromatic heterocycles. The molecule has 1 aliphatic carbocycles. The van der Waals surface area contributed by atoms with E-state index in [1.165, 1.54) is 62.1 Å². The Labute approximate surface area is 402 Å². The molecule has 1 aliphatic rings. The maximum Gasteiger partial charge on any atom is 0.116 e. The van der Waals surface area contributed by atoms with Crippen LogP contribution in [0.4, 0.5) is 42.9 Å². The first kappa shape index (κ1) is 50.1. The molecule has 0 fully saturated rings. The molecule has 0 aliphatic heterocycles. The van der Waals surface area contributed by atoms with Gasteiger partial charge in [-0.25, -0.2) is 8.78 Å². The zero-order valence-corrected chi connectivity index (χ0v) is 40.6. The van der Waals surface area contributed by atoms with Gasteiger partial charge in [-0.05, 0) is 163 Å². The molecule has 0 spiro atoms. The topological polar surface area (TPSA) is 6.48 Å². The Kier molecular flexibility index (Phi) is 20.0. The minimum atomic E-state index is -0.461. The van der Waals surface area contributed by atoms with Crippen LogP contribution in [0.1, 0.15) is 93.9 Å². The van der Waals surface area contributed by atoms with Crippen molar-refractivity contribution in [3.63, 3.8) is 0 Å². The fourth-order valence-electron chi connectivity index (χ4n) is 8.26. The molecule has 0 saturated heterocycles. The third-order valence-corrected chi connectivity index (χ3v) is 12.1. The Bertz CT molecular complexity index is 2550. The van der Waals surface area contributed by atoms with Crippen LogP contribution < -0.4 is 9.80 Å². The zero-order valence-electron chi connectivity index (χ0n) is 39.5. The predicted molar refractivity (Wildman–Crippen MR) is 291 cm³/mol. The number of hydrogen-bond donors (Lipinski definition) is 0. The quantitative estimate of drug-likeness (QED) is 0.0307. The molecular formula is C62H67F2N2P. The number of nitrogens with zero attached hydrogens (tertiary/aromatic N) is 2. The smallest absolute Gasteiger partial charge is 0.116 e. The summed E-state index contributed by atoms with van der Waals surface area (Å²) in [6.07, 6.45) is 23.1. The average molecular weight is 909 g/mol. The fraction of sp³-hybridized carbons (Fsp3) is 0.226. The van der Waals surface area contributed by atoms with E-state index in [0.717, 1.165) is 75.7 Å². The minimum Gasteiger partial charge on any atom is -0.311 e. The molecule has 2 atom stereocenters. The maximum atomic E-state index is 14.0. The van der Waals surface area contributed by atoms with Crippen molar-refractivity contribution in [2.75, 3.05) is 9.80 Å². The number of anilines is 6. The predicted octanol–water partition coefficient (Wildman–Crippen LogP) is 19.1. The highest BCUT2D eigenvalue weighted by atomic mass is 31.0. The summed E-state index contributed by atoms with van der Waals surface area (Å²) in [5, 5.41) is 0. The van der Waals surface area contributed by atoms with Crippen LogP contribution in [-0.4, -0.2) is 5.66 Å². The van der Waals surface area contributed by atoms with E-state index < -0.39 is 5.83 Å². The minimum absolute atomic E-state index is 0.0466. The molecule has 6 aromatic carbocycles. The van der Waals surface area contributed by atoms with Gasteiger partial charge in [0.05, 0.1) is 0 Å². The fourth-order valence-corrected chi connectivity index (χ4v) is 8.26. The van der Waals surface area contributed by atoms with E-state index in [1.807, 2.05) is 49.4 Å². The summed E-state index contributed by atoms with van der Waals surface area (Å²) < 4.78 is 27.6. The van der Waals surface area contributed by atoms with Crippen LogP contribution in [0, 0.1) is 0 Å². The lowest BCUT2D eigenvalue weighted by Gasteiger charge is -2.26. The van der Waals surface area contributed by atoms with Crippen molar-refractivity contribution in [1.82, 2.24) is 0 Å². The molecule has 5 heteroatoms. The summed E-state index contributed by atoms with van der Waals surface area (Å²) >= 11 is 0. The van der Waals surface area contributed by atoms with Gasteiger partial charge in [0.15, 0.2) is 0 Å². The lowest BCUT2D eigenvalue weighted by molar-refractivity contribution is 0.579. The lowest BCUT2D eigenvalue weighted by Crippen LogP contribution is -2.10. The van der Waals surface area contributed by atoms with Crippen molar-refractivity contribution >= 4 is 54.5 Å². The van der Waals surface area contributed by atoms with Crippen LogP contribution in [-0.2, 0) is 12.8 Å². The highest BCUT2D eigenvalue weighted by Crippen LogP contribution is 2.37. The van der Waals surface area contributed by atoms with Gasteiger partial charge in [0.1, 0.15) is 11.7 Å². The van der Waals surface area contributed by atoms with Crippen LogP contribution in [0.2, 0.25) is 0 Å². The van der Waals surface area contributed by atoms with Crippen LogP contribution in [0.15, 0.2) is 219 Å². The van der Waals surface area contributed by atoms with E-state index in [1.54, 1.807) is 6.08 Å². The molecule has 0 saturated carbocycles. The van der Waals surface area contributed by atoms with E-state index >= 15 is 0 Å². The average Bonchev–Trinajstić information content (AvgIpc) is 3.35. The second-order valence-electron chi connectivity index (χ2n) is 17.2. The monoisotopic (exact) mass is 909 g/mol. The molecule has 344 valence electrons. The van der Waals surface area contributed by atoms with Gasteiger partial charge < -0.3 is 9.80 Å².